The van der Waals surface area contributed by atoms with Crippen molar-refractivity contribution in [2.24, 2.45) is 11.7 Å². The molecule has 0 aliphatic carbocycles. The van der Waals surface area contributed by atoms with Crippen LogP contribution in [0.4, 0.5) is 0 Å². The molecular weight excluding hydrogens is 294 g/mol. The quantitative estimate of drug-likeness (QED) is 0.859. The highest BCUT2D eigenvalue weighted by Gasteiger charge is 2.20. The molecule has 0 saturated carbocycles. The van der Waals surface area contributed by atoms with Crippen LogP contribution in [0.3, 0.4) is 0 Å². The molecule has 1 aromatic heterocycles. The summed E-state index contributed by atoms with van der Waals surface area (Å²) in [6.07, 6.45) is 1.01. The summed E-state index contributed by atoms with van der Waals surface area (Å²) < 4.78 is 0. The molecule has 0 bridgehead atoms. The number of hydrogen-bond donors (Lipinski definition) is 2. The average Bonchev–Trinajstić information content (AvgIpc) is 3.01. The van der Waals surface area contributed by atoms with Crippen LogP contribution in [0.1, 0.15) is 53.4 Å². The fourth-order valence-corrected chi connectivity index (χ4v) is 2.97. The number of nitrogens with zero attached hydrogens (tertiary/aromatic N) is 1. The van der Waals surface area contributed by atoms with E-state index in [1.54, 1.807) is 5.38 Å². The molecule has 4 nitrogen and oxygen atoms in total. The average molecular weight is 317 g/mol. The zero-order valence-electron chi connectivity index (χ0n) is 13.3. The molecule has 0 aliphatic rings. The lowest BCUT2D eigenvalue weighted by atomic mass is 9.95. The number of aryl methyl sites for hydroxylation is 1. The molecule has 1 aromatic carbocycles. The third-order valence-corrected chi connectivity index (χ3v) is 4.53. The Labute approximate surface area is 135 Å². The van der Waals surface area contributed by atoms with E-state index < -0.39 is 0 Å². The summed E-state index contributed by atoms with van der Waals surface area (Å²) in [5, 5.41) is 5.62. The molecule has 0 fully saturated rings. The summed E-state index contributed by atoms with van der Waals surface area (Å²) in [5.74, 6) is 0.151. The number of amides is 1. The standard InChI is InChI=1S/C17H23N3OS/c1-4-12-5-7-13(8-6-12)16(11(2)3)20-17(21)14-10-22-15(9-18)19-14/h5-8,10-11,16H,4,9,18H2,1-3H3,(H,20,21). The third-order valence-electron chi connectivity index (χ3n) is 3.66. The van der Waals surface area contributed by atoms with E-state index in [2.05, 4.69) is 55.3 Å². The molecule has 2 rings (SSSR count). The molecular formula is C17H23N3OS. The maximum absolute atomic E-state index is 12.4. The van der Waals surface area contributed by atoms with E-state index in [9.17, 15) is 4.79 Å². The topological polar surface area (TPSA) is 68.0 Å². The van der Waals surface area contributed by atoms with Crippen molar-refractivity contribution < 1.29 is 4.79 Å². The highest BCUT2D eigenvalue weighted by molar-refractivity contribution is 7.09. The highest BCUT2D eigenvalue weighted by atomic mass is 32.1. The van der Waals surface area contributed by atoms with Crippen LogP contribution in [0.25, 0.3) is 0 Å². The second kappa shape index (κ2) is 7.51. The number of carbonyl (C=O) groups is 1. The van der Waals surface area contributed by atoms with Crippen LogP contribution in [0.15, 0.2) is 29.6 Å². The molecule has 118 valence electrons. The summed E-state index contributed by atoms with van der Waals surface area (Å²) >= 11 is 1.42. The van der Waals surface area contributed by atoms with E-state index in [1.807, 2.05) is 0 Å². The van der Waals surface area contributed by atoms with Gasteiger partial charge in [-0.05, 0) is 23.5 Å². The number of nitrogens with two attached hydrogens (primary N) is 1. The van der Waals surface area contributed by atoms with Gasteiger partial charge in [0.15, 0.2) is 0 Å². The van der Waals surface area contributed by atoms with Crippen LogP contribution in [0, 0.1) is 5.92 Å². The monoisotopic (exact) mass is 317 g/mol. The van der Waals surface area contributed by atoms with Crippen LogP contribution < -0.4 is 11.1 Å². The van der Waals surface area contributed by atoms with E-state index in [4.69, 9.17) is 5.73 Å². The molecule has 0 aliphatic heterocycles. The smallest absolute Gasteiger partial charge is 0.271 e. The number of benzene rings is 1. The first-order chi connectivity index (χ1) is 10.5. The first-order valence-corrected chi connectivity index (χ1v) is 8.47. The molecule has 1 atom stereocenters. The first kappa shape index (κ1) is 16.6. The lowest BCUT2D eigenvalue weighted by Crippen LogP contribution is -2.32. The molecule has 0 saturated heterocycles. The van der Waals surface area contributed by atoms with Gasteiger partial charge in [0.05, 0.1) is 6.04 Å². The minimum Gasteiger partial charge on any atom is -0.344 e. The number of rotatable bonds is 6. The zero-order chi connectivity index (χ0) is 16.1. The fraction of sp³-hybridized carbons (Fsp3) is 0.412. The van der Waals surface area contributed by atoms with Crippen molar-refractivity contribution in [1.82, 2.24) is 10.3 Å². The van der Waals surface area contributed by atoms with E-state index in [1.165, 1.54) is 16.9 Å². The molecule has 1 amide bonds. The zero-order valence-corrected chi connectivity index (χ0v) is 14.1. The molecule has 2 aromatic rings. The van der Waals surface area contributed by atoms with Crippen LogP contribution in [0.5, 0.6) is 0 Å². The number of carbonyl (C=O) groups excluding carboxylic acids is 1. The van der Waals surface area contributed by atoms with Crippen molar-refractivity contribution in [1.29, 1.82) is 0 Å². The van der Waals surface area contributed by atoms with Crippen LogP contribution in [-0.2, 0) is 13.0 Å². The number of thiazole rings is 1. The van der Waals surface area contributed by atoms with Gasteiger partial charge < -0.3 is 11.1 Å². The SMILES string of the molecule is CCc1ccc(C(NC(=O)c2csc(CN)n2)C(C)C)cc1. The van der Waals surface area contributed by atoms with Crippen LogP contribution >= 0.6 is 11.3 Å². The van der Waals surface area contributed by atoms with Gasteiger partial charge in [-0.1, -0.05) is 45.0 Å². The molecule has 1 heterocycles. The molecule has 1 unspecified atom stereocenters. The van der Waals surface area contributed by atoms with Gasteiger partial charge in [0.1, 0.15) is 10.7 Å². The normalized spacial score (nSPS) is 12.4. The number of aromatic nitrogens is 1. The van der Waals surface area contributed by atoms with Gasteiger partial charge in [-0.15, -0.1) is 11.3 Å². The van der Waals surface area contributed by atoms with Crippen molar-refractivity contribution >= 4 is 17.2 Å². The Morgan fingerprint density at radius 2 is 2.00 bits per heavy atom. The predicted octanol–water partition coefficient (Wildman–Crippen LogP) is 3.29. The Morgan fingerprint density at radius 1 is 1.32 bits per heavy atom. The van der Waals surface area contributed by atoms with E-state index in [-0.39, 0.29) is 11.9 Å². The van der Waals surface area contributed by atoms with E-state index in [0.717, 1.165) is 17.0 Å². The molecule has 22 heavy (non-hydrogen) atoms. The summed E-state index contributed by atoms with van der Waals surface area (Å²) in [7, 11) is 0. The largest absolute Gasteiger partial charge is 0.344 e. The molecule has 3 N–H and O–H groups in total. The van der Waals surface area contributed by atoms with Gasteiger partial charge in [-0.25, -0.2) is 4.98 Å². The van der Waals surface area contributed by atoms with Crippen LogP contribution in [0.2, 0.25) is 0 Å². The van der Waals surface area contributed by atoms with Crippen molar-refractivity contribution in [3.05, 3.63) is 51.5 Å². The summed E-state index contributed by atoms with van der Waals surface area (Å²) in [6, 6.07) is 8.39. The number of hydrogen-bond acceptors (Lipinski definition) is 4. The van der Waals surface area contributed by atoms with Gasteiger partial charge in [0.2, 0.25) is 0 Å². The maximum atomic E-state index is 12.4. The second-order valence-electron chi connectivity index (χ2n) is 5.62. The van der Waals surface area contributed by atoms with Gasteiger partial charge in [0.25, 0.3) is 5.91 Å². The minimum atomic E-state index is -0.144. The first-order valence-electron chi connectivity index (χ1n) is 7.59. The highest BCUT2D eigenvalue weighted by Crippen LogP contribution is 2.23. The molecule has 0 spiro atoms. The van der Waals surface area contributed by atoms with Crippen LogP contribution in [-0.4, -0.2) is 10.9 Å². The summed E-state index contributed by atoms with van der Waals surface area (Å²) in [4.78, 5) is 16.6. The van der Waals surface area contributed by atoms with Crippen molar-refractivity contribution in [2.75, 3.05) is 0 Å². The molecule has 5 heteroatoms. The van der Waals surface area contributed by atoms with Gasteiger partial charge in [0, 0.05) is 11.9 Å². The maximum Gasteiger partial charge on any atom is 0.271 e. The van der Waals surface area contributed by atoms with Crippen molar-refractivity contribution in [3.63, 3.8) is 0 Å². The summed E-state index contributed by atoms with van der Waals surface area (Å²) in [6.45, 7) is 6.70. The predicted molar refractivity (Wildman–Crippen MR) is 90.9 cm³/mol. The Hall–Kier alpha value is -1.72. The van der Waals surface area contributed by atoms with Crippen molar-refractivity contribution in [2.45, 2.75) is 39.8 Å². The van der Waals surface area contributed by atoms with Gasteiger partial charge in [-0.2, -0.15) is 0 Å². The lowest BCUT2D eigenvalue weighted by Gasteiger charge is -2.22. The third kappa shape index (κ3) is 3.93. The second-order valence-corrected chi connectivity index (χ2v) is 6.56. The summed E-state index contributed by atoms with van der Waals surface area (Å²) in [5.41, 5.74) is 8.41. The Balaban J connectivity index is 2.15. The Kier molecular flexibility index (Phi) is 5.69. The Bertz CT molecular complexity index is 619. The van der Waals surface area contributed by atoms with E-state index in [0.29, 0.717) is 18.2 Å². The van der Waals surface area contributed by atoms with E-state index >= 15 is 0 Å². The van der Waals surface area contributed by atoms with Gasteiger partial charge in [-0.3, -0.25) is 4.79 Å². The molecule has 0 radical (unpaired) electrons. The van der Waals surface area contributed by atoms with Crippen molar-refractivity contribution in [3.8, 4) is 0 Å². The lowest BCUT2D eigenvalue weighted by molar-refractivity contribution is 0.0921. The fourth-order valence-electron chi connectivity index (χ4n) is 2.32. The van der Waals surface area contributed by atoms with Gasteiger partial charge >= 0.3 is 0 Å². The minimum absolute atomic E-state index is 0.0265. The number of nitrogens with one attached hydrogen (secondary N) is 1. The Morgan fingerprint density at radius 3 is 2.50 bits per heavy atom.